The first-order valence-corrected chi connectivity index (χ1v) is 7.81. The first-order valence-electron chi connectivity index (χ1n) is 6.99. The molecule has 2 nitrogen and oxygen atoms in total. The summed E-state index contributed by atoms with van der Waals surface area (Å²) < 4.78 is 0. The third kappa shape index (κ3) is 4.01. The molecule has 0 N–H and O–H groups in total. The lowest BCUT2D eigenvalue weighted by atomic mass is 9.95. The Morgan fingerprint density at radius 1 is 1.15 bits per heavy atom. The largest absolute Gasteiger partial charge is 0.293 e. The Morgan fingerprint density at radius 3 is 2.45 bits per heavy atom. The van der Waals surface area contributed by atoms with Crippen molar-refractivity contribution in [2.24, 2.45) is 0 Å². The molecule has 0 saturated heterocycles. The molecule has 106 valence electrons. The smallest absolute Gasteiger partial charge is 0.172 e. The lowest BCUT2D eigenvalue weighted by Gasteiger charge is -2.15. The summed E-state index contributed by atoms with van der Waals surface area (Å²) in [7, 11) is 0. The predicted molar refractivity (Wildman–Crippen MR) is 84.5 cm³/mol. The second kappa shape index (κ2) is 6.31. The number of ketones is 1. The molecule has 2 aromatic rings. The van der Waals surface area contributed by atoms with Gasteiger partial charge in [-0.3, -0.25) is 9.78 Å². The highest BCUT2D eigenvalue weighted by atomic mass is 32.1. The quantitative estimate of drug-likeness (QED) is 0.749. The highest BCUT2D eigenvalue weighted by Crippen LogP contribution is 2.30. The van der Waals surface area contributed by atoms with Crippen molar-refractivity contribution in [3.63, 3.8) is 0 Å². The van der Waals surface area contributed by atoms with E-state index in [0.29, 0.717) is 6.42 Å². The van der Waals surface area contributed by atoms with Crippen molar-refractivity contribution in [2.45, 2.75) is 45.4 Å². The molecule has 0 fully saturated rings. The summed E-state index contributed by atoms with van der Waals surface area (Å²) in [4.78, 5) is 18.3. The molecule has 3 heteroatoms. The van der Waals surface area contributed by atoms with Crippen molar-refractivity contribution < 1.29 is 4.79 Å². The number of Topliss-reactive ketones (excluding diaryl/α,β-unsaturated/α-hetero) is 1. The van der Waals surface area contributed by atoms with Crippen LogP contribution < -0.4 is 0 Å². The Bertz CT molecular complexity index is 566. The molecule has 0 spiro atoms. The third-order valence-electron chi connectivity index (χ3n) is 3.24. The van der Waals surface area contributed by atoms with E-state index in [-0.39, 0.29) is 11.2 Å². The number of rotatable bonds is 5. The van der Waals surface area contributed by atoms with Gasteiger partial charge in [0.05, 0.1) is 4.88 Å². The van der Waals surface area contributed by atoms with Crippen LogP contribution in [-0.2, 0) is 11.8 Å². The van der Waals surface area contributed by atoms with Crippen molar-refractivity contribution in [3.8, 4) is 0 Å². The van der Waals surface area contributed by atoms with Crippen LogP contribution in [0.5, 0.6) is 0 Å². The van der Waals surface area contributed by atoms with Gasteiger partial charge in [-0.2, -0.15) is 0 Å². The zero-order chi connectivity index (χ0) is 14.6. The van der Waals surface area contributed by atoms with E-state index >= 15 is 0 Å². The van der Waals surface area contributed by atoms with Gasteiger partial charge in [0, 0.05) is 23.7 Å². The van der Waals surface area contributed by atoms with E-state index in [0.717, 1.165) is 17.7 Å². The summed E-state index contributed by atoms with van der Waals surface area (Å²) in [5, 5.41) is 0. The topological polar surface area (TPSA) is 30.0 Å². The minimum absolute atomic E-state index is 0.125. The van der Waals surface area contributed by atoms with Crippen LogP contribution in [0.2, 0.25) is 0 Å². The Morgan fingerprint density at radius 2 is 1.85 bits per heavy atom. The van der Waals surface area contributed by atoms with Crippen molar-refractivity contribution >= 4 is 17.1 Å². The second-order valence-corrected chi connectivity index (χ2v) is 7.13. The van der Waals surface area contributed by atoms with Gasteiger partial charge in [-0.25, -0.2) is 0 Å². The molecule has 0 aliphatic carbocycles. The molecule has 20 heavy (non-hydrogen) atoms. The number of aromatic nitrogens is 1. The number of thiophene rings is 1. The average molecular weight is 287 g/mol. The molecule has 0 unspecified atom stereocenters. The SMILES string of the molecule is CC(C)(C)c1ccc(C(=O)CCCc2ccncc2)s1. The molecule has 0 saturated carbocycles. The van der Waals surface area contributed by atoms with Gasteiger partial charge in [0.15, 0.2) is 5.78 Å². The van der Waals surface area contributed by atoms with E-state index in [1.165, 1.54) is 10.4 Å². The van der Waals surface area contributed by atoms with E-state index in [9.17, 15) is 4.79 Å². The molecule has 0 aromatic carbocycles. The summed E-state index contributed by atoms with van der Waals surface area (Å²) >= 11 is 1.63. The van der Waals surface area contributed by atoms with E-state index in [2.05, 4.69) is 31.8 Å². The fourth-order valence-corrected chi connectivity index (χ4v) is 3.05. The number of carbonyl (C=O) groups is 1. The number of carbonyl (C=O) groups excluding carboxylic acids is 1. The molecule has 0 atom stereocenters. The van der Waals surface area contributed by atoms with Crippen LogP contribution in [0.3, 0.4) is 0 Å². The number of nitrogens with zero attached hydrogens (tertiary/aromatic N) is 1. The fourth-order valence-electron chi connectivity index (χ4n) is 2.02. The highest BCUT2D eigenvalue weighted by molar-refractivity contribution is 7.14. The van der Waals surface area contributed by atoms with Gasteiger partial charge >= 0.3 is 0 Å². The summed E-state index contributed by atoms with van der Waals surface area (Å²) in [5.74, 6) is 0.263. The Balaban J connectivity index is 1.88. The van der Waals surface area contributed by atoms with Crippen molar-refractivity contribution in [2.75, 3.05) is 0 Å². The standard InChI is InChI=1S/C17H21NOS/c1-17(2,3)16-8-7-15(20-16)14(19)6-4-5-13-9-11-18-12-10-13/h7-12H,4-6H2,1-3H3. The number of aryl methyl sites for hydroxylation is 1. The summed E-state index contributed by atoms with van der Waals surface area (Å²) in [6.45, 7) is 6.53. The van der Waals surface area contributed by atoms with Crippen molar-refractivity contribution in [3.05, 3.63) is 52.0 Å². The van der Waals surface area contributed by atoms with Gasteiger partial charge in [-0.15, -0.1) is 11.3 Å². The minimum atomic E-state index is 0.125. The average Bonchev–Trinajstić information content (AvgIpc) is 2.89. The lowest BCUT2D eigenvalue weighted by Crippen LogP contribution is -2.07. The van der Waals surface area contributed by atoms with Gasteiger partial charge < -0.3 is 0 Å². The Hall–Kier alpha value is -1.48. The maximum Gasteiger partial charge on any atom is 0.172 e. The number of hydrogen-bond acceptors (Lipinski definition) is 3. The number of hydrogen-bond donors (Lipinski definition) is 0. The van der Waals surface area contributed by atoms with Crippen LogP contribution in [0.1, 0.15) is 53.7 Å². The van der Waals surface area contributed by atoms with E-state index in [1.807, 2.05) is 18.2 Å². The predicted octanol–water partition coefficient (Wildman–Crippen LogP) is 4.65. The molecule has 2 aromatic heterocycles. The van der Waals surface area contributed by atoms with Crippen molar-refractivity contribution in [1.29, 1.82) is 0 Å². The van der Waals surface area contributed by atoms with Crippen LogP contribution in [0, 0.1) is 0 Å². The molecule has 0 radical (unpaired) electrons. The molecule has 0 bridgehead atoms. The van der Waals surface area contributed by atoms with Crippen LogP contribution >= 0.6 is 11.3 Å². The summed E-state index contributed by atoms with van der Waals surface area (Å²) in [6, 6.07) is 8.07. The first-order chi connectivity index (χ1) is 9.47. The van der Waals surface area contributed by atoms with Gasteiger partial charge in [-0.1, -0.05) is 20.8 Å². The van der Waals surface area contributed by atoms with E-state index in [1.54, 1.807) is 23.7 Å². The monoisotopic (exact) mass is 287 g/mol. The summed E-state index contributed by atoms with van der Waals surface area (Å²) in [5.41, 5.74) is 1.37. The second-order valence-electron chi connectivity index (χ2n) is 6.05. The third-order valence-corrected chi connectivity index (χ3v) is 4.79. The zero-order valence-electron chi connectivity index (χ0n) is 12.3. The molecule has 0 aliphatic heterocycles. The zero-order valence-corrected chi connectivity index (χ0v) is 13.2. The van der Waals surface area contributed by atoms with Crippen LogP contribution in [0.25, 0.3) is 0 Å². The molecule has 2 heterocycles. The maximum absolute atomic E-state index is 12.2. The summed E-state index contributed by atoms with van der Waals surface area (Å²) in [6.07, 6.45) is 6.04. The van der Waals surface area contributed by atoms with Crippen LogP contribution in [0.15, 0.2) is 36.7 Å². The Kier molecular flexibility index (Phi) is 4.71. The molecule has 2 rings (SSSR count). The molecule has 0 aliphatic rings. The van der Waals surface area contributed by atoms with Gasteiger partial charge in [0.25, 0.3) is 0 Å². The van der Waals surface area contributed by atoms with Gasteiger partial charge in [-0.05, 0) is 48.1 Å². The van der Waals surface area contributed by atoms with Crippen LogP contribution in [0.4, 0.5) is 0 Å². The Labute approximate surface area is 124 Å². The fraction of sp³-hybridized carbons (Fsp3) is 0.412. The number of pyridine rings is 1. The minimum Gasteiger partial charge on any atom is -0.293 e. The first kappa shape index (κ1) is 14.9. The van der Waals surface area contributed by atoms with E-state index in [4.69, 9.17) is 0 Å². The highest BCUT2D eigenvalue weighted by Gasteiger charge is 2.18. The normalized spacial score (nSPS) is 11.6. The lowest BCUT2D eigenvalue weighted by molar-refractivity contribution is 0.0984. The molecular formula is C17H21NOS. The molecular weight excluding hydrogens is 266 g/mol. The van der Waals surface area contributed by atoms with E-state index < -0.39 is 0 Å². The maximum atomic E-state index is 12.2. The van der Waals surface area contributed by atoms with Gasteiger partial charge in [0.2, 0.25) is 0 Å². The van der Waals surface area contributed by atoms with Crippen LogP contribution in [-0.4, -0.2) is 10.8 Å². The molecule has 0 amide bonds. The van der Waals surface area contributed by atoms with Crippen molar-refractivity contribution in [1.82, 2.24) is 4.98 Å². The van der Waals surface area contributed by atoms with Gasteiger partial charge in [0.1, 0.15) is 0 Å².